The maximum absolute atomic E-state index is 12.3. The minimum absolute atomic E-state index is 0.145. The molecule has 0 aliphatic heterocycles. The van der Waals surface area contributed by atoms with Crippen molar-refractivity contribution in [2.75, 3.05) is 33.9 Å². The molecule has 6 heteroatoms. The molecule has 0 aromatic heterocycles. The molecular formula is C21H31N3O3. The van der Waals surface area contributed by atoms with Crippen LogP contribution in [0.4, 0.5) is 0 Å². The molecule has 1 amide bonds. The summed E-state index contributed by atoms with van der Waals surface area (Å²) in [4.78, 5) is 14.4. The zero-order chi connectivity index (χ0) is 20.1. The van der Waals surface area contributed by atoms with Crippen LogP contribution in [0.3, 0.4) is 0 Å². The SMILES string of the molecule is CCCCN(/C=C(/C#N)C(=O)NCCc1ccc(OC)c(OC)c1)CCC. The van der Waals surface area contributed by atoms with Gasteiger partial charge < -0.3 is 19.7 Å². The first-order chi connectivity index (χ1) is 13.1. The first-order valence-corrected chi connectivity index (χ1v) is 9.44. The molecule has 1 aromatic carbocycles. The number of nitriles is 1. The molecule has 0 radical (unpaired) electrons. The number of methoxy groups -OCH3 is 2. The van der Waals surface area contributed by atoms with E-state index in [0.29, 0.717) is 24.5 Å². The summed E-state index contributed by atoms with van der Waals surface area (Å²) in [7, 11) is 3.18. The van der Waals surface area contributed by atoms with Gasteiger partial charge in [0.1, 0.15) is 11.6 Å². The zero-order valence-electron chi connectivity index (χ0n) is 16.9. The second-order valence-corrected chi connectivity index (χ2v) is 6.24. The average Bonchev–Trinajstić information content (AvgIpc) is 2.69. The minimum Gasteiger partial charge on any atom is -0.493 e. The Morgan fingerprint density at radius 3 is 2.52 bits per heavy atom. The van der Waals surface area contributed by atoms with Crippen molar-refractivity contribution in [1.82, 2.24) is 10.2 Å². The topological polar surface area (TPSA) is 74.6 Å². The van der Waals surface area contributed by atoms with Crippen molar-refractivity contribution < 1.29 is 14.3 Å². The van der Waals surface area contributed by atoms with Crippen molar-refractivity contribution in [3.63, 3.8) is 0 Å². The zero-order valence-corrected chi connectivity index (χ0v) is 16.9. The minimum atomic E-state index is -0.337. The van der Waals surface area contributed by atoms with Gasteiger partial charge in [0.25, 0.3) is 5.91 Å². The van der Waals surface area contributed by atoms with Crippen LogP contribution in [0.2, 0.25) is 0 Å². The van der Waals surface area contributed by atoms with E-state index < -0.39 is 0 Å². The molecule has 148 valence electrons. The molecule has 1 N–H and O–H groups in total. The van der Waals surface area contributed by atoms with Gasteiger partial charge in [-0.05, 0) is 37.0 Å². The Morgan fingerprint density at radius 2 is 1.93 bits per heavy atom. The summed E-state index contributed by atoms with van der Waals surface area (Å²) < 4.78 is 10.5. The molecule has 1 aromatic rings. The van der Waals surface area contributed by atoms with Crippen LogP contribution in [0.1, 0.15) is 38.7 Å². The van der Waals surface area contributed by atoms with Crippen LogP contribution in [0.5, 0.6) is 11.5 Å². The lowest BCUT2D eigenvalue weighted by molar-refractivity contribution is -0.117. The Hall–Kier alpha value is -2.68. The Bertz CT molecular complexity index is 665. The van der Waals surface area contributed by atoms with Crippen LogP contribution < -0.4 is 14.8 Å². The number of nitrogens with zero attached hydrogens (tertiary/aromatic N) is 2. The molecular weight excluding hydrogens is 342 g/mol. The van der Waals surface area contributed by atoms with Crippen LogP contribution in [0.25, 0.3) is 0 Å². The molecule has 1 rings (SSSR count). The Balaban J connectivity index is 2.65. The highest BCUT2D eigenvalue weighted by atomic mass is 16.5. The number of rotatable bonds is 12. The largest absolute Gasteiger partial charge is 0.493 e. The summed E-state index contributed by atoms with van der Waals surface area (Å²) in [5, 5.41) is 12.2. The smallest absolute Gasteiger partial charge is 0.263 e. The van der Waals surface area contributed by atoms with Gasteiger partial charge in [-0.1, -0.05) is 26.3 Å². The van der Waals surface area contributed by atoms with E-state index in [0.717, 1.165) is 37.9 Å². The molecule has 27 heavy (non-hydrogen) atoms. The molecule has 0 atom stereocenters. The summed E-state index contributed by atoms with van der Waals surface area (Å²) >= 11 is 0. The summed E-state index contributed by atoms with van der Waals surface area (Å²) in [6, 6.07) is 7.68. The van der Waals surface area contributed by atoms with E-state index in [9.17, 15) is 10.1 Å². The molecule has 0 aliphatic carbocycles. The van der Waals surface area contributed by atoms with Gasteiger partial charge in [-0.3, -0.25) is 4.79 Å². The number of unbranched alkanes of at least 4 members (excludes halogenated alkanes) is 1. The van der Waals surface area contributed by atoms with E-state index in [1.165, 1.54) is 0 Å². The first kappa shape index (κ1) is 22.4. The normalized spacial score (nSPS) is 10.9. The number of carbonyl (C=O) groups is 1. The summed E-state index contributed by atoms with van der Waals surface area (Å²) in [5.74, 6) is 0.990. The van der Waals surface area contributed by atoms with Gasteiger partial charge in [0.2, 0.25) is 0 Å². The standard InChI is InChI=1S/C21H31N3O3/c1-5-7-13-24(12-6-2)16-18(15-22)21(25)23-11-10-17-8-9-19(26-3)20(14-17)27-4/h8-9,14,16H,5-7,10-13H2,1-4H3,(H,23,25)/b18-16-. The fourth-order valence-corrected chi connectivity index (χ4v) is 2.66. The van der Waals surface area contributed by atoms with Gasteiger partial charge in [0, 0.05) is 25.8 Å². The highest BCUT2D eigenvalue weighted by Crippen LogP contribution is 2.27. The molecule has 0 saturated carbocycles. The van der Waals surface area contributed by atoms with Crippen LogP contribution in [-0.4, -0.2) is 44.7 Å². The Labute approximate surface area is 162 Å². The monoisotopic (exact) mass is 373 g/mol. The van der Waals surface area contributed by atoms with Gasteiger partial charge in [0.05, 0.1) is 14.2 Å². The van der Waals surface area contributed by atoms with E-state index in [-0.39, 0.29) is 11.5 Å². The van der Waals surface area contributed by atoms with Crippen molar-refractivity contribution in [2.45, 2.75) is 39.5 Å². The van der Waals surface area contributed by atoms with Crippen LogP contribution in [0.15, 0.2) is 30.0 Å². The fraction of sp³-hybridized carbons (Fsp3) is 0.524. The van der Waals surface area contributed by atoms with E-state index in [2.05, 4.69) is 24.1 Å². The predicted octanol–water partition coefficient (Wildman–Crippen LogP) is 3.28. The third-order valence-corrected chi connectivity index (χ3v) is 4.13. The van der Waals surface area contributed by atoms with E-state index in [1.807, 2.05) is 24.3 Å². The quantitative estimate of drug-likeness (QED) is 0.449. The molecule has 6 nitrogen and oxygen atoms in total. The lowest BCUT2D eigenvalue weighted by atomic mass is 10.1. The molecule has 0 saturated heterocycles. The molecule has 0 heterocycles. The van der Waals surface area contributed by atoms with Crippen molar-refractivity contribution in [1.29, 1.82) is 5.26 Å². The molecule has 0 spiro atoms. The molecule has 0 bridgehead atoms. The molecule has 0 unspecified atom stereocenters. The summed E-state index contributed by atoms with van der Waals surface area (Å²) in [6.45, 7) is 6.34. The van der Waals surface area contributed by atoms with Crippen LogP contribution in [0, 0.1) is 11.3 Å². The lowest BCUT2D eigenvalue weighted by Crippen LogP contribution is -2.29. The Morgan fingerprint density at radius 1 is 1.19 bits per heavy atom. The average molecular weight is 373 g/mol. The maximum atomic E-state index is 12.3. The number of amides is 1. The van der Waals surface area contributed by atoms with Gasteiger partial charge in [-0.2, -0.15) is 5.26 Å². The van der Waals surface area contributed by atoms with Crippen LogP contribution >= 0.6 is 0 Å². The van der Waals surface area contributed by atoms with Gasteiger partial charge in [0.15, 0.2) is 11.5 Å². The number of nitrogens with one attached hydrogen (secondary N) is 1. The van der Waals surface area contributed by atoms with Crippen molar-refractivity contribution in [2.24, 2.45) is 0 Å². The highest BCUT2D eigenvalue weighted by molar-refractivity contribution is 5.97. The van der Waals surface area contributed by atoms with Crippen molar-refractivity contribution in [3.05, 3.63) is 35.5 Å². The van der Waals surface area contributed by atoms with E-state index in [4.69, 9.17) is 9.47 Å². The molecule has 0 aliphatic rings. The third-order valence-electron chi connectivity index (χ3n) is 4.13. The lowest BCUT2D eigenvalue weighted by Gasteiger charge is -2.19. The number of benzene rings is 1. The summed E-state index contributed by atoms with van der Waals surface area (Å²) in [5.41, 5.74) is 1.16. The number of hydrogen-bond donors (Lipinski definition) is 1. The third kappa shape index (κ3) is 7.61. The van der Waals surface area contributed by atoms with Crippen LogP contribution in [-0.2, 0) is 11.2 Å². The second-order valence-electron chi connectivity index (χ2n) is 6.24. The van der Waals surface area contributed by atoms with E-state index in [1.54, 1.807) is 20.4 Å². The fourth-order valence-electron chi connectivity index (χ4n) is 2.66. The van der Waals surface area contributed by atoms with Gasteiger partial charge in [-0.15, -0.1) is 0 Å². The Kier molecular flexibility index (Phi) is 10.5. The van der Waals surface area contributed by atoms with E-state index >= 15 is 0 Å². The number of ether oxygens (including phenoxy) is 2. The van der Waals surface area contributed by atoms with Gasteiger partial charge in [-0.25, -0.2) is 0 Å². The number of hydrogen-bond acceptors (Lipinski definition) is 5. The maximum Gasteiger partial charge on any atom is 0.263 e. The van der Waals surface area contributed by atoms with Crippen molar-refractivity contribution >= 4 is 5.91 Å². The second kappa shape index (κ2) is 12.6. The first-order valence-electron chi connectivity index (χ1n) is 9.44. The number of carbonyl (C=O) groups excluding carboxylic acids is 1. The highest BCUT2D eigenvalue weighted by Gasteiger charge is 2.11. The predicted molar refractivity (Wildman–Crippen MR) is 107 cm³/mol. The molecule has 0 fully saturated rings. The van der Waals surface area contributed by atoms with Gasteiger partial charge >= 0.3 is 0 Å². The van der Waals surface area contributed by atoms with Crippen molar-refractivity contribution in [3.8, 4) is 17.6 Å². The summed E-state index contributed by atoms with van der Waals surface area (Å²) in [6.07, 6.45) is 5.41.